The van der Waals surface area contributed by atoms with Gasteiger partial charge in [-0.15, -0.1) is 0 Å². The van der Waals surface area contributed by atoms with Gasteiger partial charge in [0, 0.05) is 13.0 Å². The van der Waals surface area contributed by atoms with Crippen LogP contribution in [0.25, 0.3) is 0 Å². The van der Waals surface area contributed by atoms with Gasteiger partial charge in [0.1, 0.15) is 12.6 Å². The summed E-state index contributed by atoms with van der Waals surface area (Å²) in [7, 11) is 0. The monoisotopic (exact) mass is 404 g/mol. The number of carboxylic acids is 1. The van der Waals surface area contributed by atoms with Gasteiger partial charge >= 0.3 is 5.97 Å². The molecule has 7 nitrogen and oxygen atoms in total. The molecule has 8 heteroatoms. The van der Waals surface area contributed by atoms with E-state index in [0.717, 1.165) is 30.2 Å². The number of fused-ring (bicyclic) bond motifs is 1. The zero-order valence-electron chi connectivity index (χ0n) is 15.7. The number of nitrogens with one attached hydrogen (secondary N) is 1. The predicted octanol–water partition coefficient (Wildman–Crippen LogP) is 1.46. The van der Waals surface area contributed by atoms with E-state index in [1.807, 2.05) is 30.3 Å². The standard InChI is InChI=1S/C20H24N2O5S/c1-12(23)28-17(9-13-5-3-2-4-6-13)19(26)21-15-8-7-14-10-16(14)22(20(15)27)11-18(24)25/h2-6,14-17H,7-11H2,1H3,(H,21,26)(H,24,25)/t14-,15+,16+,17+/m1/s1. The fourth-order valence-electron chi connectivity index (χ4n) is 3.75. The second-order valence-corrected chi connectivity index (χ2v) is 8.73. The van der Waals surface area contributed by atoms with Gasteiger partial charge in [-0.05, 0) is 37.2 Å². The minimum atomic E-state index is -1.06. The van der Waals surface area contributed by atoms with Crippen molar-refractivity contribution < 1.29 is 24.3 Å². The Morgan fingerprint density at radius 1 is 1.25 bits per heavy atom. The Hall–Kier alpha value is -2.35. The molecular weight excluding hydrogens is 380 g/mol. The molecule has 0 unspecified atom stereocenters. The van der Waals surface area contributed by atoms with E-state index in [9.17, 15) is 19.2 Å². The number of carbonyl (C=O) groups is 4. The Morgan fingerprint density at radius 2 is 1.96 bits per heavy atom. The lowest BCUT2D eigenvalue weighted by molar-refractivity contribution is -0.146. The van der Waals surface area contributed by atoms with E-state index in [1.54, 1.807) is 0 Å². The molecule has 4 atom stereocenters. The highest BCUT2D eigenvalue weighted by Crippen LogP contribution is 2.42. The summed E-state index contributed by atoms with van der Waals surface area (Å²) in [5, 5.41) is 11.1. The predicted molar refractivity (Wildman–Crippen MR) is 105 cm³/mol. The highest BCUT2D eigenvalue weighted by molar-refractivity contribution is 8.14. The van der Waals surface area contributed by atoms with Crippen LogP contribution in [0.15, 0.2) is 30.3 Å². The van der Waals surface area contributed by atoms with Crippen LogP contribution in [0.2, 0.25) is 0 Å². The highest BCUT2D eigenvalue weighted by atomic mass is 32.2. The molecule has 2 fully saturated rings. The molecule has 0 spiro atoms. The van der Waals surface area contributed by atoms with Gasteiger partial charge in [0.25, 0.3) is 0 Å². The second-order valence-electron chi connectivity index (χ2n) is 7.35. The third-order valence-electron chi connectivity index (χ3n) is 5.18. The number of carboxylic acid groups (broad SMARTS) is 1. The molecule has 1 saturated carbocycles. The van der Waals surface area contributed by atoms with E-state index >= 15 is 0 Å². The lowest BCUT2D eigenvalue weighted by atomic mass is 10.1. The lowest BCUT2D eigenvalue weighted by Gasteiger charge is -2.26. The number of hydrogen-bond acceptors (Lipinski definition) is 5. The van der Waals surface area contributed by atoms with Crippen molar-refractivity contribution in [1.29, 1.82) is 0 Å². The third-order valence-corrected chi connectivity index (χ3v) is 6.18. The van der Waals surface area contributed by atoms with E-state index in [0.29, 0.717) is 18.8 Å². The van der Waals surface area contributed by atoms with Gasteiger partial charge in [-0.1, -0.05) is 42.1 Å². The number of rotatable bonds is 7. The number of carbonyl (C=O) groups excluding carboxylic acids is 3. The van der Waals surface area contributed by atoms with E-state index in [-0.39, 0.29) is 29.5 Å². The Bertz CT molecular complexity index is 769. The van der Waals surface area contributed by atoms with Crippen LogP contribution in [0.5, 0.6) is 0 Å². The van der Waals surface area contributed by atoms with Crippen LogP contribution in [0.3, 0.4) is 0 Å². The first-order valence-corrected chi connectivity index (χ1v) is 10.3. The normalized spacial score (nSPS) is 24.7. The molecule has 1 aromatic rings. The van der Waals surface area contributed by atoms with E-state index < -0.39 is 17.3 Å². The van der Waals surface area contributed by atoms with Crippen molar-refractivity contribution in [2.45, 2.75) is 49.9 Å². The smallest absolute Gasteiger partial charge is 0.323 e. The SMILES string of the molecule is CC(=O)S[C@@H](Cc1ccccc1)C(=O)N[C@H]1CC[C@@H]2C[C@@H]2N(CC(=O)O)C1=O. The summed E-state index contributed by atoms with van der Waals surface area (Å²) in [6.45, 7) is 1.07. The fraction of sp³-hybridized carbons (Fsp3) is 0.500. The van der Waals surface area contributed by atoms with Gasteiger partial charge < -0.3 is 15.3 Å². The first-order valence-electron chi connectivity index (χ1n) is 9.39. The van der Waals surface area contributed by atoms with Crippen molar-refractivity contribution >= 4 is 34.7 Å². The molecule has 1 aliphatic carbocycles. The molecular formula is C20H24N2O5S. The number of likely N-dealkylation sites (tertiary alicyclic amines) is 1. The molecule has 2 amide bonds. The van der Waals surface area contributed by atoms with Crippen LogP contribution >= 0.6 is 11.8 Å². The van der Waals surface area contributed by atoms with Crippen LogP contribution < -0.4 is 5.32 Å². The molecule has 1 aliphatic heterocycles. The summed E-state index contributed by atoms with van der Waals surface area (Å²) >= 11 is 0.948. The van der Waals surface area contributed by atoms with Gasteiger partial charge in [-0.3, -0.25) is 19.2 Å². The average Bonchev–Trinajstić information content (AvgIpc) is 3.42. The Labute approximate surface area is 167 Å². The second kappa shape index (κ2) is 8.77. The van der Waals surface area contributed by atoms with Crippen LogP contribution in [0.4, 0.5) is 0 Å². The molecule has 0 radical (unpaired) electrons. The summed E-state index contributed by atoms with van der Waals surface area (Å²) in [4.78, 5) is 49.8. The summed E-state index contributed by atoms with van der Waals surface area (Å²) in [5.74, 6) is -1.45. The maximum absolute atomic E-state index is 12.9. The summed E-state index contributed by atoms with van der Waals surface area (Å²) in [6, 6.07) is 8.62. The van der Waals surface area contributed by atoms with Gasteiger partial charge in [0.15, 0.2) is 5.12 Å². The van der Waals surface area contributed by atoms with Crippen LogP contribution in [0, 0.1) is 5.92 Å². The molecule has 1 heterocycles. The first kappa shape index (κ1) is 20.4. The Balaban J connectivity index is 1.69. The van der Waals surface area contributed by atoms with Gasteiger partial charge in [0.05, 0.1) is 5.25 Å². The van der Waals surface area contributed by atoms with Crippen molar-refractivity contribution in [2.75, 3.05) is 6.54 Å². The molecule has 150 valence electrons. The van der Waals surface area contributed by atoms with Crippen LogP contribution in [-0.2, 0) is 25.6 Å². The molecule has 0 bridgehead atoms. The molecule has 1 saturated heterocycles. The van der Waals surface area contributed by atoms with Crippen molar-refractivity contribution in [3.05, 3.63) is 35.9 Å². The summed E-state index contributed by atoms with van der Waals surface area (Å²) < 4.78 is 0. The van der Waals surface area contributed by atoms with E-state index in [2.05, 4.69) is 5.32 Å². The van der Waals surface area contributed by atoms with Gasteiger partial charge in [0.2, 0.25) is 11.8 Å². The topological polar surface area (TPSA) is 104 Å². The lowest BCUT2D eigenvalue weighted by Crippen LogP contribution is -2.51. The minimum absolute atomic E-state index is 0.0304. The Morgan fingerprint density at radius 3 is 2.61 bits per heavy atom. The fourth-order valence-corrected chi connectivity index (χ4v) is 4.60. The van der Waals surface area contributed by atoms with Crippen LogP contribution in [0.1, 0.15) is 31.7 Å². The van der Waals surface area contributed by atoms with Crippen molar-refractivity contribution in [3.63, 3.8) is 0 Å². The van der Waals surface area contributed by atoms with Crippen LogP contribution in [-0.4, -0.2) is 56.8 Å². The maximum atomic E-state index is 12.9. The minimum Gasteiger partial charge on any atom is -0.480 e. The van der Waals surface area contributed by atoms with Gasteiger partial charge in [-0.25, -0.2) is 0 Å². The Kier molecular flexibility index (Phi) is 6.39. The number of hydrogen-bond donors (Lipinski definition) is 2. The number of amides is 2. The molecule has 2 aliphatic rings. The molecule has 3 rings (SSSR count). The molecule has 2 N–H and O–H groups in total. The van der Waals surface area contributed by atoms with Crippen molar-refractivity contribution in [1.82, 2.24) is 10.2 Å². The first-order chi connectivity index (χ1) is 13.3. The summed E-state index contributed by atoms with van der Waals surface area (Å²) in [5.41, 5.74) is 0.928. The molecule has 0 aromatic heterocycles. The van der Waals surface area contributed by atoms with Gasteiger partial charge in [-0.2, -0.15) is 0 Å². The number of benzene rings is 1. The number of thioether (sulfide) groups is 1. The largest absolute Gasteiger partial charge is 0.480 e. The summed E-state index contributed by atoms with van der Waals surface area (Å²) in [6.07, 6.45) is 2.48. The van der Waals surface area contributed by atoms with E-state index in [1.165, 1.54) is 11.8 Å². The number of aliphatic carboxylic acids is 1. The molecule has 1 aromatic carbocycles. The maximum Gasteiger partial charge on any atom is 0.323 e. The van der Waals surface area contributed by atoms with E-state index in [4.69, 9.17) is 5.11 Å². The number of nitrogens with zero attached hydrogens (tertiary/aromatic N) is 1. The highest BCUT2D eigenvalue weighted by Gasteiger charge is 2.48. The zero-order valence-corrected chi connectivity index (χ0v) is 16.5. The zero-order chi connectivity index (χ0) is 20.3. The quantitative estimate of drug-likeness (QED) is 0.713. The third kappa shape index (κ3) is 5.13. The average molecular weight is 404 g/mol. The van der Waals surface area contributed by atoms with Crippen molar-refractivity contribution in [3.8, 4) is 0 Å². The van der Waals surface area contributed by atoms with Crippen molar-refractivity contribution in [2.24, 2.45) is 5.92 Å². The molecule has 28 heavy (non-hydrogen) atoms.